The van der Waals surface area contributed by atoms with Crippen molar-refractivity contribution in [3.05, 3.63) is 76.2 Å². The minimum absolute atomic E-state index is 0.00917. The SMILES string of the molecule is CC(C)(C)OC(=O)CO[C@@H](CC=O)[C@H](Cc1ccc(OCc2ccccc2)cc1)N=[N+]=[N-]. The minimum Gasteiger partial charge on any atom is -0.489 e. The molecule has 8 nitrogen and oxygen atoms in total. The molecule has 0 saturated carbocycles. The topological polar surface area (TPSA) is 111 Å². The van der Waals surface area contributed by atoms with Crippen LogP contribution in [0, 0.1) is 0 Å². The maximum Gasteiger partial charge on any atom is 0.332 e. The van der Waals surface area contributed by atoms with Crippen molar-refractivity contribution in [2.45, 2.75) is 58.0 Å². The monoisotopic (exact) mass is 439 g/mol. The van der Waals surface area contributed by atoms with Crippen LogP contribution in [0.5, 0.6) is 5.75 Å². The average molecular weight is 440 g/mol. The molecule has 0 heterocycles. The van der Waals surface area contributed by atoms with Crippen molar-refractivity contribution in [1.82, 2.24) is 0 Å². The molecule has 2 atom stereocenters. The first-order valence-corrected chi connectivity index (χ1v) is 10.4. The number of carbonyl (C=O) groups excluding carboxylic acids is 2. The predicted molar refractivity (Wildman–Crippen MR) is 120 cm³/mol. The predicted octanol–water partition coefficient (Wildman–Crippen LogP) is 4.80. The van der Waals surface area contributed by atoms with E-state index in [1.54, 1.807) is 20.8 Å². The summed E-state index contributed by atoms with van der Waals surface area (Å²) in [6.07, 6.45) is 0.269. The van der Waals surface area contributed by atoms with Gasteiger partial charge in [-0.25, -0.2) is 4.79 Å². The Morgan fingerprint density at radius 2 is 1.78 bits per heavy atom. The second-order valence-electron chi connectivity index (χ2n) is 8.23. The van der Waals surface area contributed by atoms with Gasteiger partial charge in [-0.15, -0.1) is 0 Å². The number of azide groups is 1. The fourth-order valence-electron chi connectivity index (χ4n) is 2.99. The number of aldehydes is 1. The molecule has 0 aromatic heterocycles. The van der Waals surface area contributed by atoms with Gasteiger partial charge in [0.1, 0.15) is 30.9 Å². The molecule has 0 aliphatic carbocycles. The van der Waals surface area contributed by atoms with Crippen molar-refractivity contribution < 1.29 is 23.8 Å². The summed E-state index contributed by atoms with van der Waals surface area (Å²) in [5, 5.41) is 3.80. The lowest BCUT2D eigenvalue weighted by Gasteiger charge is -2.24. The van der Waals surface area contributed by atoms with Crippen molar-refractivity contribution in [2.75, 3.05) is 6.61 Å². The number of ether oxygens (including phenoxy) is 3. The van der Waals surface area contributed by atoms with Gasteiger partial charge < -0.3 is 19.0 Å². The second-order valence-corrected chi connectivity index (χ2v) is 8.23. The van der Waals surface area contributed by atoms with E-state index in [-0.39, 0.29) is 13.0 Å². The van der Waals surface area contributed by atoms with Gasteiger partial charge in [-0.2, -0.15) is 0 Å². The molecular formula is C24H29N3O5. The minimum atomic E-state index is -0.745. The molecule has 0 aliphatic heterocycles. The van der Waals surface area contributed by atoms with Crippen molar-refractivity contribution in [1.29, 1.82) is 0 Å². The zero-order valence-electron chi connectivity index (χ0n) is 18.6. The van der Waals surface area contributed by atoms with Crippen LogP contribution in [0.15, 0.2) is 59.7 Å². The van der Waals surface area contributed by atoms with Crippen LogP contribution in [0.4, 0.5) is 0 Å². The van der Waals surface area contributed by atoms with Crippen molar-refractivity contribution in [3.8, 4) is 5.75 Å². The number of esters is 1. The smallest absolute Gasteiger partial charge is 0.332 e. The van der Waals surface area contributed by atoms with Crippen LogP contribution >= 0.6 is 0 Å². The molecule has 8 heteroatoms. The molecule has 2 aromatic carbocycles. The van der Waals surface area contributed by atoms with Crippen LogP contribution in [-0.4, -0.2) is 36.6 Å². The highest BCUT2D eigenvalue weighted by Gasteiger charge is 2.24. The van der Waals surface area contributed by atoms with E-state index in [1.807, 2.05) is 54.6 Å². The average Bonchev–Trinajstić information content (AvgIpc) is 2.75. The van der Waals surface area contributed by atoms with Gasteiger partial charge in [-0.1, -0.05) is 47.6 Å². The van der Waals surface area contributed by atoms with Crippen LogP contribution in [0.25, 0.3) is 10.4 Å². The quantitative estimate of drug-likeness (QED) is 0.155. The molecule has 0 radical (unpaired) electrons. The molecule has 2 rings (SSSR count). The molecule has 2 aromatic rings. The molecule has 0 amide bonds. The lowest BCUT2D eigenvalue weighted by atomic mass is 10.00. The Kier molecular flexibility index (Phi) is 9.73. The summed E-state index contributed by atoms with van der Waals surface area (Å²) in [5.74, 6) is 0.163. The third-order valence-electron chi connectivity index (χ3n) is 4.41. The summed E-state index contributed by atoms with van der Waals surface area (Å²) < 4.78 is 16.6. The fraction of sp³-hybridized carbons (Fsp3) is 0.417. The zero-order chi connectivity index (χ0) is 23.4. The maximum atomic E-state index is 12.0. The summed E-state index contributed by atoms with van der Waals surface area (Å²) in [5.41, 5.74) is 10.3. The molecule has 170 valence electrons. The standard InChI is InChI=1S/C24H29N3O5/c1-24(2,3)32-23(29)17-31-22(13-14-28)21(26-27-25)15-18-9-11-20(12-10-18)30-16-19-7-5-4-6-8-19/h4-12,14,21-22H,13,15-17H2,1-3H3/t21-,22-/m0/s1. The van der Waals surface area contributed by atoms with Crippen molar-refractivity contribution in [2.24, 2.45) is 5.11 Å². The van der Waals surface area contributed by atoms with Gasteiger partial charge in [0.2, 0.25) is 0 Å². The van der Waals surface area contributed by atoms with E-state index in [1.165, 1.54) is 0 Å². The van der Waals surface area contributed by atoms with Crippen molar-refractivity contribution in [3.63, 3.8) is 0 Å². The number of hydrogen-bond acceptors (Lipinski definition) is 6. The first-order chi connectivity index (χ1) is 15.3. The van der Waals surface area contributed by atoms with Crippen LogP contribution < -0.4 is 4.74 Å². The van der Waals surface area contributed by atoms with E-state index in [2.05, 4.69) is 10.0 Å². The highest BCUT2D eigenvalue weighted by atomic mass is 16.6. The first kappa shape index (κ1) is 24.9. The highest BCUT2D eigenvalue weighted by molar-refractivity contribution is 5.71. The van der Waals surface area contributed by atoms with Crippen LogP contribution in [0.2, 0.25) is 0 Å². The number of hydrogen-bond donors (Lipinski definition) is 0. The summed E-state index contributed by atoms with van der Waals surface area (Å²) in [6, 6.07) is 16.6. The Hall–Kier alpha value is -3.35. The Bertz CT molecular complexity index is 903. The van der Waals surface area contributed by atoms with Gasteiger partial charge in [0.05, 0.1) is 12.1 Å². The lowest BCUT2D eigenvalue weighted by molar-refractivity contribution is -0.163. The van der Waals surface area contributed by atoms with Crippen LogP contribution in [-0.2, 0) is 32.1 Å². The fourth-order valence-corrected chi connectivity index (χ4v) is 2.99. The number of rotatable bonds is 12. The molecule has 0 saturated heterocycles. The van der Waals surface area contributed by atoms with Crippen LogP contribution in [0.3, 0.4) is 0 Å². The third-order valence-corrected chi connectivity index (χ3v) is 4.41. The van der Waals surface area contributed by atoms with E-state index in [9.17, 15) is 9.59 Å². The first-order valence-electron chi connectivity index (χ1n) is 10.4. The molecule has 0 N–H and O–H groups in total. The molecule has 0 bridgehead atoms. The number of nitrogens with zero attached hydrogens (tertiary/aromatic N) is 3. The second kappa shape index (κ2) is 12.5. The van der Waals surface area contributed by atoms with E-state index in [0.717, 1.165) is 11.1 Å². The largest absolute Gasteiger partial charge is 0.489 e. The van der Waals surface area contributed by atoms with Gasteiger partial charge >= 0.3 is 5.97 Å². The van der Waals surface area contributed by atoms with Gasteiger partial charge in [0.25, 0.3) is 0 Å². The van der Waals surface area contributed by atoms with Gasteiger partial charge in [-0.3, -0.25) is 0 Å². The van der Waals surface area contributed by atoms with Gasteiger partial charge in [0.15, 0.2) is 0 Å². The zero-order valence-corrected chi connectivity index (χ0v) is 18.6. The van der Waals surface area contributed by atoms with Gasteiger partial charge in [-0.05, 0) is 56.0 Å². The highest BCUT2D eigenvalue weighted by Crippen LogP contribution is 2.19. The van der Waals surface area contributed by atoms with Crippen LogP contribution in [0.1, 0.15) is 38.3 Å². The third kappa shape index (κ3) is 9.20. The maximum absolute atomic E-state index is 12.0. The van der Waals surface area contributed by atoms with E-state index in [0.29, 0.717) is 25.1 Å². The van der Waals surface area contributed by atoms with Crippen molar-refractivity contribution >= 4 is 12.3 Å². The summed E-state index contributed by atoms with van der Waals surface area (Å²) in [6.45, 7) is 5.39. The Balaban J connectivity index is 1.99. The normalized spacial score (nSPS) is 12.8. The summed E-state index contributed by atoms with van der Waals surface area (Å²) in [7, 11) is 0. The molecule has 0 spiro atoms. The Morgan fingerprint density at radius 3 is 2.38 bits per heavy atom. The summed E-state index contributed by atoms with van der Waals surface area (Å²) >= 11 is 0. The van der Waals surface area contributed by atoms with Gasteiger partial charge in [0, 0.05) is 11.3 Å². The van der Waals surface area contributed by atoms with E-state index in [4.69, 9.17) is 19.7 Å². The molecule has 0 aliphatic rings. The Labute approximate surface area is 188 Å². The summed E-state index contributed by atoms with van der Waals surface area (Å²) in [4.78, 5) is 26.0. The Morgan fingerprint density at radius 1 is 1.09 bits per heavy atom. The number of benzene rings is 2. The molecule has 0 unspecified atom stereocenters. The van der Waals surface area contributed by atoms with E-state index < -0.39 is 23.7 Å². The lowest BCUT2D eigenvalue weighted by Crippen LogP contribution is -2.34. The molecular weight excluding hydrogens is 410 g/mol. The molecule has 32 heavy (non-hydrogen) atoms. The molecule has 0 fully saturated rings. The van der Waals surface area contributed by atoms with E-state index >= 15 is 0 Å². The number of carbonyl (C=O) groups is 2.